The van der Waals surface area contributed by atoms with Gasteiger partial charge in [-0.05, 0) is 36.1 Å². The van der Waals surface area contributed by atoms with Crippen LogP contribution in [0.1, 0.15) is 16.1 Å². The van der Waals surface area contributed by atoms with Crippen molar-refractivity contribution < 1.29 is 4.79 Å². The summed E-state index contributed by atoms with van der Waals surface area (Å²) in [6, 6.07) is 16.0. The van der Waals surface area contributed by atoms with Gasteiger partial charge in [0.15, 0.2) is 0 Å². The highest BCUT2D eigenvalue weighted by molar-refractivity contribution is 7.13. The Balaban J connectivity index is 1.63. The number of nitrogens with zero attached hydrogens (tertiary/aromatic N) is 2. The van der Waals surface area contributed by atoms with Crippen LogP contribution in [0.5, 0.6) is 0 Å². The van der Waals surface area contributed by atoms with Gasteiger partial charge in [0.05, 0.1) is 0 Å². The van der Waals surface area contributed by atoms with Crippen molar-refractivity contribution in [1.82, 2.24) is 9.97 Å². The van der Waals surface area contributed by atoms with Crippen LogP contribution in [-0.2, 0) is 0 Å². The van der Waals surface area contributed by atoms with Crippen molar-refractivity contribution in [2.75, 3.05) is 11.9 Å². The van der Waals surface area contributed by atoms with E-state index in [0.29, 0.717) is 5.69 Å². The number of rotatable bonds is 3. The number of fused-ring (bicyclic) bond motifs is 1. The molecular weight excluding hydrogens is 330 g/mol. The molecule has 124 valence electrons. The summed E-state index contributed by atoms with van der Waals surface area (Å²) in [7, 11) is 1.78. The van der Waals surface area contributed by atoms with Crippen LogP contribution < -0.4 is 4.90 Å². The van der Waals surface area contributed by atoms with E-state index in [4.69, 9.17) is 0 Å². The van der Waals surface area contributed by atoms with E-state index in [1.54, 1.807) is 11.9 Å². The average molecular weight is 347 g/mol. The van der Waals surface area contributed by atoms with Crippen molar-refractivity contribution in [3.63, 3.8) is 0 Å². The third-order valence-electron chi connectivity index (χ3n) is 4.33. The first-order valence-electron chi connectivity index (χ1n) is 8.00. The molecule has 5 heteroatoms. The number of aryl methyl sites for hydroxylation is 1. The molecule has 0 saturated heterocycles. The van der Waals surface area contributed by atoms with Crippen LogP contribution in [0, 0.1) is 6.92 Å². The Morgan fingerprint density at radius 3 is 2.84 bits per heavy atom. The van der Waals surface area contributed by atoms with Gasteiger partial charge in [0.2, 0.25) is 0 Å². The lowest BCUT2D eigenvalue weighted by Gasteiger charge is -2.16. The molecule has 0 fully saturated rings. The van der Waals surface area contributed by atoms with Crippen LogP contribution in [0.15, 0.2) is 60.1 Å². The predicted octanol–water partition coefficient (Wildman–Crippen LogP) is 4.88. The summed E-state index contributed by atoms with van der Waals surface area (Å²) in [6.45, 7) is 2.05. The summed E-state index contributed by atoms with van der Waals surface area (Å²) in [5.74, 6) is -0.109. The quantitative estimate of drug-likeness (QED) is 0.574. The number of hydrogen-bond donors (Lipinski definition) is 1. The number of carbonyl (C=O) groups excluding carboxylic acids is 1. The molecule has 0 unspecified atom stereocenters. The molecule has 2 aromatic heterocycles. The van der Waals surface area contributed by atoms with Crippen molar-refractivity contribution in [1.29, 1.82) is 0 Å². The van der Waals surface area contributed by atoms with E-state index in [0.717, 1.165) is 32.7 Å². The Kier molecular flexibility index (Phi) is 3.86. The first-order chi connectivity index (χ1) is 12.1. The van der Waals surface area contributed by atoms with Gasteiger partial charge in [-0.1, -0.05) is 30.3 Å². The molecule has 1 amide bonds. The highest BCUT2D eigenvalue weighted by atomic mass is 32.1. The predicted molar refractivity (Wildman–Crippen MR) is 103 cm³/mol. The molecule has 4 rings (SSSR count). The van der Waals surface area contributed by atoms with Crippen LogP contribution in [0.25, 0.3) is 21.5 Å². The molecule has 25 heavy (non-hydrogen) atoms. The number of nitrogens with one attached hydrogen (secondary N) is 1. The highest BCUT2D eigenvalue weighted by Crippen LogP contribution is 2.28. The van der Waals surface area contributed by atoms with E-state index in [1.165, 1.54) is 11.3 Å². The Morgan fingerprint density at radius 1 is 1.16 bits per heavy atom. The smallest absolute Gasteiger partial charge is 0.277 e. The average Bonchev–Trinajstić information content (AvgIpc) is 3.29. The topological polar surface area (TPSA) is 49.0 Å². The molecule has 0 spiro atoms. The molecule has 2 heterocycles. The number of aromatic amines is 1. The lowest BCUT2D eigenvalue weighted by atomic mass is 10.1. The second kappa shape index (κ2) is 6.18. The summed E-state index contributed by atoms with van der Waals surface area (Å²) in [4.78, 5) is 22.2. The highest BCUT2D eigenvalue weighted by Gasteiger charge is 2.18. The third-order valence-corrected chi connectivity index (χ3v) is 5.20. The van der Waals surface area contributed by atoms with Crippen molar-refractivity contribution in [3.05, 3.63) is 71.4 Å². The zero-order valence-electron chi connectivity index (χ0n) is 14.0. The van der Waals surface area contributed by atoms with Gasteiger partial charge in [-0.3, -0.25) is 4.79 Å². The standard InChI is InChI=1S/C20H17N3OS/c1-13-5-3-4-6-16(13)19-22-18(12-25-19)20(24)23(2)15-8-7-14-9-10-21-17(14)11-15/h3-12,21H,1-2H3. The van der Waals surface area contributed by atoms with Crippen LogP contribution in [0.4, 0.5) is 5.69 Å². The summed E-state index contributed by atoms with van der Waals surface area (Å²) >= 11 is 1.50. The monoisotopic (exact) mass is 347 g/mol. The minimum atomic E-state index is -0.109. The van der Waals surface area contributed by atoms with Gasteiger partial charge in [0.25, 0.3) is 5.91 Å². The van der Waals surface area contributed by atoms with Crippen LogP contribution in [0.2, 0.25) is 0 Å². The minimum Gasteiger partial charge on any atom is -0.361 e. The van der Waals surface area contributed by atoms with Gasteiger partial charge in [0, 0.05) is 35.4 Å². The SMILES string of the molecule is Cc1ccccc1-c1nc(C(=O)N(C)c2ccc3cc[nH]c3c2)cs1. The Morgan fingerprint density at radius 2 is 2.00 bits per heavy atom. The van der Waals surface area contributed by atoms with E-state index in [9.17, 15) is 4.79 Å². The Hall–Kier alpha value is -2.92. The molecule has 0 atom stereocenters. The molecule has 0 aliphatic rings. The van der Waals surface area contributed by atoms with Gasteiger partial charge in [0.1, 0.15) is 10.7 Å². The second-order valence-electron chi connectivity index (χ2n) is 5.97. The maximum atomic E-state index is 12.8. The molecule has 0 aliphatic heterocycles. The van der Waals surface area contributed by atoms with Gasteiger partial charge in [-0.2, -0.15) is 0 Å². The normalized spacial score (nSPS) is 11.0. The molecule has 0 saturated carbocycles. The van der Waals surface area contributed by atoms with Crippen LogP contribution in [-0.4, -0.2) is 22.9 Å². The second-order valence-corrected chi connectivity index (χ2v) is 6.82. The van der Waals surface area contributed by atoms with Crippen LogP contribution in [0.3, 0.4) is 0 Å². The Labute approximate surface area is 149 Å². The van der Waals surface area contributed by atoms with E-state index in [1.807, 2.05) is 54.0 Å². The third kappa shape index (κ3) is 2.83. The number of aromatic nitrogens is 2. The van der Waals surface area contributed by atoms with E-state index >= 15 is 0 Å². The molecule has 2 aromatic carbocycles. The minimum absolute atomic E-state index is 0.109. The molecule has 4 nitrogen and oxygen atoms in total. The van der Waals surface area contributed by atoms with E-state index < -0.39 is 0 Å². The molecule has 1 N–H and O–H groups in total. The number of amides is 1. The number of thiazole rings is 1. The fraction of sp³-hybridized carbons (Fsp3) is 0.100. The summed E-state index contributed by atoms with van der Waals surface area (Å²) in [5, 5.41) is 3.82. The zero-order valence-corrected chi connectivity index (χ0v) is 14.8. The lowest BCUT2D eigenvalue weighted by Crippen LogP contribution is -2.26. The van der Waals surface area contributed by atoms with Gasteiger partial charge >= 0.3 is 0 Å². The van der Waals surface area contributed by atoms with Crippen LogP contribution >= 0.6 is 11.3 Å². The number of benzene rings is 2. The van der Waals surface area contributed by atoms with Crippen molar-refractivity contribution in [3.8, 4) is 10.6 Å². The molecule has 0 bridgehead atoms. The maximum Gasteiger partial charge on any atom is 0.277 e. The van der Waals surface area contributed by atoms with Crippen molar-refractivity contribution in [2.24, 2.45) is 0 Å². The molecule has 4 aromatic rings. The number of hydrogen-bond acceptors (Lipinski definition) is 3. The first kappa shape index (κ1) is 15.6. The zero-order chi connectivity index (χ0) is 17.4. The van der Waals surface area contributed by atoms with E-state index in [2.05, 4.69) is 23.0 Å². The maximum absolute atomic E-state index is 12.8. The van der Waals surface area contributed by atoms with Crippen molar-refractivity contribution in [2.45, 2.75) is 6.92 Å². The molecular formula is C20H17N3OS. The van der Waals surface area contributed by atoms with E-state index in [-0.39, 0.29) is 5.91 Å². The van der Waals surface area contributed by atoms with Gasteiger partial charge in [-0.15, -0.1) is 11.3 Å². The summed E-state index contributed by atoms with van der Waals surface area (Å²) in [5.41, 5.74) is 4.54. The Bertz CT molecular complexity index is 1060. The molecule has 0 radical (unpaired) electrons. The largest absolute Gasteiger partial charge is 0.361 e. The van der Waals surface area contributed by atoms with Crippen molar-refractivity contribution >= 4 is 33.8 Å². The molecule has 0 aliphatic carbocycles. The summed E-state index contributed by atoms with van der Waals surface area (Å²) < 4.78 is 0. The number of anilines is 1. The van der Waals surface area contributed by atoms with Gasteiger partial charge < -0.3 is 9.88 Å². The first-order valence-corrected chi connectivity index (χ1v) is 8.88. The summed E-state index contributed by atoms with van der Waals surface area (Å²) in [6.07, 6.45) is 1.89. The fourth-order valence-corrected chi connectivity index (χ4v) is 3.73. The van der Waals surface area contributed by atoms with Gasteiger partial charge in [-0.25, -0.2) is 4.98 Å². The number of H-pyrrole nitrogens is 1. The fourth-order valence-electron chi connectivity index (χ4n) is 2.84. The lowest BCUT2D eigenvalue weighted by molar-refractivity contribution is 0.0989. The number of carbonyl (C=O) groups is 1.